The van der Waals surface area contributed by atoms with Crippen LogP contribution in [-0.2, 0) is 16.1 Å². The molecule has 0 aliphatic rings. The number of carbonyl (C=O) groups excluding carboxylic acids is 2. The minimum Gasteiger partial charge on any atom is -0.465 e. The van der Waals surface area contributed by atoms with Crippen molar-refractivity contribution >= 4 is 40.1 Å². The molecule has 0 saturated carbocycles. The number of benzene rings is 2. The lowest BCUT2D eigenvalue weighted by molar-refractivity contribution is -0.116. The summed E-state index contributed by atoms with van der Waals surface area (Å²) < 4.78 is 6.06. The second kappa shape index (κ2) is 9.98. The Morgan fingerprint density at radius 3 is 2.73 bits per heavy atom. The molecule has 0 bridgehead atoms. The number of hydrogen-bond acceptors (Lipinski definition) is 6. The number of aryl methyl sites for hydroxylation is 1. The molecule has 0 aliphatic carbocycles. The lowest BCUT2D eigenvalue weighted by Crippen LogP contribution is -2.24. The van der Waals surface area contributed by atoms with Crippen molar-refractivity contribution in [3.05, 3.63) is 63.4 Å². The van der Waals surface area contributed by atoms with Gasteiger partial charge in [-0.3, -0.25) is 9.59 Å². The molecule has 0 spiro atoms. The van der Waals surface area contributed by atoms with Gasteiger partial charge in [-0.2, -0.15) is 0 Å². The number of unbranched alkanes of at least 4 members (excludes halogenated alkanes) is 2. The fourth-order valence-electron chi connectivity index (χ4n) is 3.01. The molecule has 0 saturated heterocycles. The maximum atomic E-state index is 12.4. The first-order valence-electron chi connectivity index (χ1n) is 9.50. The molecule has 3 aromatic rings. The van der Waals surface area contributed by atoms with Gasteiger partial charge in [0.25, 0.3) is 5.56 Å². The van der Waals surface area contributed by atoms with E-state index in [9.17, 15) is 14.4 Å². The first kappa shape index (κ1) is 21.4. The third kappa shape index (κ3) is 5.21. The van der Waals surface area contributed by atoms with Crippen molar-refractivity contribution in [3.63, 3.8) is 0 Å². The number of amides is 1. The molecule has 8 nitrogen and oxygen atoms in total. The largest absolute Gasteiger partial charge is 0.465 e. The molecule has 1 heterocycles. The third-order valence-corrected chi connectivity index (χ3v) is 4.80. The fraction of sp³-hybridized carbons (Fsp3) is 0.286. The van der Waals surface area contributed by atoms with E-state index in [4.69, 9.17) is 16.3 Å². The van der Waals surface area contributed by atoms with E-state index in [0.29, 0.717) is 41.0 Å². The Morgan fingerprint density at radius 2 is 1.93 bits per heavy atom. The highest BCUT2D eigenvalue weighted by Gasteiger charge is 2.14. The molecule has 2 aromatic carbocycles. The summed E-state index contributed by atoms with van der Waals surface area (Å²) in [5.74, 6) is -0.783. The lowest BCUT2D eigenvalue weighted by atomic mass is 10.1. The van der Waals surface area contributed by atoms with Crippen LogP contribution in [0.1, 0.15) is 36.0 Å². The maximum Gasteiger partial charge on any atom is 0.339 e. The van der Waals surface area contributed by atoms with Crippen molar-refractivity contribution in [3.8, 4) is 0 Å². The topological polar surface area (TPSA) is 103 Å². The van der Waals surface area contributed by atoms with Crippen LogP contribution in [0, 0.1) is 0 Å². The summed E-state index contributed by atoms with van der Waals surface area (Å²) in [6.07, 6.45) is 2.31. The highest BCUT2D eigenvalue weighted by atomic mass is 35.5. The Labute approximate surface area is 177 Å². The van der Waals surface area contributed by atoms with Crippen LogP contribution in [0.3, 0.4) is 0 Å². The summed E-state index contributed by atoms with van der Waals surface area (Å²) in [5.41, 5.74) is 0.958. The molecule has 30 heavy (non-hydrogen) atoms. The average Bonchev–Trinajstić information content (AvgIpc) is 2.74. The molecule has 3 rings (SSSR count). The summed E-state index contributed by atoms with van der Waals surface area (Å²) in [7, 11) is 1.27. The van der Waals surface area contributed by atoms with Crippen LogP contribution in [0.4, 0.5) is 5.69 Å². The number of nitrogens with one attached hydrogen (secondary N) is 1. The zero-order valence-electron chi connectivity index (χ0n) is 16.4. The molecule has 1 amide bonds. The van der Waals surface area contributed by atoms with Crippen molar-refractivity contribution in [2.45, 2.75) is 32.2 Å². The minimum atomic E-state index is -0.552. The van der Waals surface area contributed by atoms with Crippen molar-refractivity contribution in [1.29, 1.82) is 0 Å². The summed E-state index contributed by atoms with van der Waals surface area (Å²) in [6, 6.07) is 11.6. The predicted octanol–water partition coefficient (Wildman–Crippen LogP) is 3.43. The van der Waals surface area contributed by atoms with Gasteiger partial charge in [0.2, 0.25) is 5.91 Å². The smallest absolute Gasteiger partial charge is 0.339 e. The second-order valence-corrected chi connectivity index (χ2v) is 7.11. The first-order valence-corrected chi connectivity index (χ1v) is 9.87. The van der Waals surface area contributed by atoms with Crippen LogP contribution in [0.15, 0.2) is 47.3 Å². The Balaban J connectivity index is 1.49. The minimum absolute atomic E-state index is 0.172. The van der Waals surface area contributed by atoms with Gasteiger partial charge in [0, 0.05) is 18.0 Å². The van der Waals surface area contributed by atoms with Crippen LogP contribution >= 0.6 is 11.6 Å². The molecular weight excluding hydrogens is 408 g/mol. The Hall–Kier alpha value is -3.26. The fourth-order valence-corrected chi connectivity index (χ4v) is 3.19. The van der Waals surface area contributed by atoms with E-state index in [-0.39, 0.29) is 23.5 Å². The van der Waals surface area contributed by atoms with Gasteiger partial charge in [-0.15, -0.1) is 5.10 Å². The van der Waals surface area contributed by atoms with E-state index >= 15 is 0 Å². The molecule has 0 aliphatic heterocycles. The van der Waals surface area contributed by atoms with Crippen molar-refractivity contribution < 1.29 is 14.3 Å². The zero-order valence-corrected chi connectivity index (χ0v) is 17.2. The number of hydrogen-bond donors (Lipinski definition) is 1. The summed E-state index contributed by atoms with van der Waals surface area (Å²) >= 11 is 5.96. The van der Waals surface area contributed by atoms with Gasteiger partial charge in [0.1, 0.15) is 5.52 Å². The SMILES string of the molecule is COC(=O)c1ccc(Cl)cc1NC(=O)CCCCCn1nnc2ccccc2c1=O. The second-order valence-electron chi connectivity index (χ2n) is 6.68. The van der Waals surface area contributed by atoms with Gasteiger partial charge in [0.05, 0.1) is 23.7 Å². The van der Waals surface area contributed by atoms with Gasteiger partial charge >= 0.3 is 5.97 Å². The lowest BCUT2D eigenvalue weighted by Gasteiger charge is -2.10. The van der Waals surface area contributed by atoms with Crippen LogP contribution < -0.4 is 10.9 Å². The summed E-state index contributed by atoms with van der Waals surface area (Å²) in [4.78, 5) is 36.4. The Morgan fingerprint density at radius 1 is 1.13 bits per heavy atom. The number of aromatic nitrogens is 3. The molecule has 1 aromatic heterocycles. The normalized spacial score (nSPS) is 10.7. The molecule has 0 fully saturated rings. The summed E-state index contributed by atoms with van der Waals surface area (Å²) in [5, 5.41) is 11.7. The van der Waals surface area contributed by atoms with E-state index in [2.05, 4.69) is 15.6 Å². The van der Waals surface area contributed by atoms with Crippen LogP contribution in [0.25, 0.3) is 10.9 Å². The Bertz CT molecular complexity index is 1130. The van der Waals surface area contributed by atoms with E-state index in [1.165, 1.54) is 23.9 Å². The van der Waals surface area contributed by atoms with E-state index < -0.39 is 5.97 Å². The molecule has 156 valence electrons. The van der Waals surface area contributed by atoms with E-state index in [1.807, 2.05) is 6.07 Å². The number of carbonyl (C=O) groups is 2. The number of rotatable bonds is 8. The number of halogens is 1. The van der Waals surface area contributed by atoms with Gasteiger partial charge in [-0.1, -0.05) is 35.4 Å². The average molecular weight is 429 g/mol. The highest BCUT2D eigenvalue weighted by molar-refractivity contribution is 6.31. The highest BCUT2D eigenvalue weighted by Crippen LogP contribution is 2.22. The van der Waals surface area contributed by atoms with Crippen molar-refractivity contribution in [1.82, 2.24) is 15.0 Å². The zero-order chi connectivity index (χ0) is 21.5. The Kier molecular flexibility index (Phi) is 7.13. The number of fused-ring (bicyclic) bond motifs is 1. The number of nitrogens with zero attached hydrogens (tertiary/aromatic N) is 3. The van der Waals surface area contributed by atoms with E-state index in [1.54, 1.807) is 24.3 Å². The van der Waals surface area contributed by atoms with Gasteiger partial charge in [-0.05, 0) is 43.2 Å². The van der Waals surface area contributed by atoms with Gasteiger partial charge in [-0.25, -0.2) is 9.48 Å². The van der Waals surface area contributed by atoms with Crippen LogP contribution in [0.5, 0.6) is 0 Å². The predicted molar refractivity (Wildman–Crippen MR) is 114 cm³/mol. The number of anilines is 1. The van der Waals surface area contributed by atoms with Crippen LogP contribution in [0.2, 0.25) is 5.02 Å². The first-order chi connectivity index (χ1) is 14.5. The van der Waals surface area contributed by atoms with E-state index in [0.717, 1.165) is 6.42 Å². The molecule has 9 heteroatoms. The van der Waals surface area contributed by atoms with Gasteiger partial charge < -0.3 is 10.1 Å². The van der Waals surface area contributed by atoms with Gasteiger partial charge in [0.15, 0.2) is 0 Å². The number of esters is 1. The third-order valence-electron chi connectivity index (χ3n) is 4.56. The quantitative estimate of drug-likeness (QED) is 0.435. The number of methoxy groups -OCH3 is 1. The standard InChI is InChI=1S/C21H21ClN4O4/c1-30-21(29)16-11-10-14(22)13-18(16)23-19(27)9-3-2-6-12-26-20(28)15-7-4-5-8-17(15)24-25-26/h4-5,7-8,10-11,13H,2-3,6,9,12H2,1H3,(H,23,27). The summed E-state index contributed by atoms with van der Waals surface area (Å²) in [6.45, 7) is 0.430. The van der Waals surface area contributed by atoms with Crippen molar-refractivity contribution in [2.24, 2.45) is 0 Å². The molecule has 0 radical (unpaired) electrons. The molecule has 0 unspecified atom stereocenters. The monoisotopic (exact) mass is 428 g/mol. The molecule has 1 N–H and O–H groups in total. The van der Waals surface area contributed by atoms with Crippen molar-refractivity contribution in [2.75, 3.05) is 12.4 Å². The molecule has 0 atom stereocenters. The molecular formula is C21H21ClN4O4. The number of ether oxygens (including phenoxy) is 1. The van der Waals surface area contributed by atoms with Crippen LogP contribution in [-0.4, -0.2) is 34.0 Å². The maximum absolute atomic E-state index is 12.4.